The molecular formula is C13H24N6O11P2SY. The van der Waals surface area contributed by atoms with E-state index in [0.29, 0.717) is 0 Å². The van der Waals surface area contributed by atoms with Crippen LogP contribution in [0.25, 0.3) is 11.2 Å². The van der Waals surface area contributed by atoms with Crippen molar-refractivity contribution >= 4 is 43.9 Å². The molecule has 1 aliphatic rings. The number of hydrogen-bond donors (Lipinski definition) is 5. The Labute approximate surface area is 219 Å². The molecule has 2 aromatic rings. The van der Waals surface area contributed by atoms with Gasteiger partial charge in [0.25, 0.3) is 5.56 Å². The standard InChI is InChI=1S/C13H21N6O8PS.H3O3P.Y/c1-6-7(4-25-28(21)22)26-12(9(6)27-29(23,24)18(2)3)19-5-15-8-10(19)16-13(14)17-11(8)20;1-4(2)3;/h5-7,9,12,28H,4H2,1-3H3,(H,21,22)(H3,14,16,17,20);4H,(H2,1,2,3);/t6?,7-,9?,12-;;/m1../s1. The van der Waals surface area contributed by atoms with Gasteiger partial charge in [-0.05, 0) is 0 Å². The van der Waals surface area contributed by atoms with Gasteiger partial charge >= 0.3 is 26.8 Å². The first-order valence-corrected chi connectivity index (χ1v) is 12.9. The second-order valence-electron chi connectivity index (χ2n) is 6.86. The first-order valence-electron chi connectivity index (χ1n) is 9.00. The monoisotopic (exact) mass is 623 g/mol. The zero-order valence-corrected chi connectivity index (χ0v) is 23.7. The third kappa shape index (κ3) is 7.95. The zero-order valence-electron chi connectivity index (χ0n) is 18.1. The van der Waals surface area contributed by atoms with E-state index in [1.54, 1.807) is 6.92 Å². The molecule has 0 aromatic carbocycles. The quantitative estimate of drug-likeness (QED) is 0.213. The molecule has 5 atom stereocenters. The number of fused-ring (bicyclic) bond motifs is 1. The molecule has 1 fully saturated rings. The Morgan fingerprint density at radius 1 is 1.32 bits per heavy atom. The minimum Gasteiger partial charge on any atom is -0.369 e. The average Bonchev–Trinajstić information content (AvgIpc) is 3.21. The molecule has 34 heavy (non-hydrogen) atoms. The van der Waals surface area contributed by atoms with Crippen molar-refractivity contribution in [3.05, 3.63) is 16.7 Å². The number of hydrogen-bond acceptors (Lipinski definition) is 11. The molecule has 1 saturated heterocycles. The molecule has 191 valence electrons. The summed E-state index contributed by atoms with van der Waals surface area (Å²) >= 11 is 0. The summed E-state index contributed by atoms with van der Waals surface area (Å²) in [4.78, 5) is 45.6. The summed E-state index contributed by atoms with van der Waals surface area (Å²) in [6.07, 6.45) is -1.68. The molecule has 1 radical (unpaired) electrons. The van der Waals surface area contributed by atoms with Gasteiger partial charge in [-0.25, -0.2) is 9.17 Å². The number of nitrogens with zero attached hydrogens (tertiary/aromatic N) is 4. The van der Waals surface area contributed by atoms with Crippen molar-refractivity contribution in [2.75, 3.05) is 26.4 Å². The zero-order chi connectivity index (χ0) is 25.1. The smallest absolute Gasteiger partial charge is 0.338 e. The third-order valence-electron chi connectivity index (χ3n) is 4.48. The Balaban J connectivity index is 0.00000107. The van der Waals surface area contributed by atoms with Crippen LogP contribution in [-0.2, 0) is 65.6 Å². The number of nitrogens with two attached hydrogens (primary N) is 1. The maximum Gasteiger partial charge on any atom is 0.338 e. The first-order chi connectivity index (χ1) is 15.2. The molecule has 1 aliphatic heterocycles. The van der Waals surface area contributed by atoms with Crippen LogP contribution in [-0.4, -0.2) is 79.8 Å². The molecule has 2 aromatic heterocycles. The van der Waals surface area contributed by atoms with Crippen molar-refractivity contribution in [2.24, 2.45) is 5.92 Å². The number of imidazole rings is 1. The summed E-state index contributed by atoms with van der Waals surface area (Å²) in [5.74, 6) is -0.736. The summed E-state index contributed by atoms with van der Waals surface area (Å²) in [6, 6.07) is 0. The van der Waals surface area contributed by atoms with Crippen LogP contribution in [0.2, 0.25) is 0 Å². The number of ether oxygens (including phenoxy) is 1. The Kier molecular flexibility index (Phi) is 12.1. The van der Waals surface area contributed by atoms with E-state index in [0.717, 1.165) is 4.31 Å². The topological polar surface area (TPSA) is 249 Å². The maximum absolute atomic E-state index is 12.3. The Bertz CT molecular complexity index is 1190. The largest absolute Gasteiger partial charge is 0.369 e. The van der Waals surface area contributed by atoms with Gasteiger partial charge in [0.05, 0.1) is 19.0 Å². The van der Waals surface area contributed by atoms with Crippen LogP contribution in [0.5, 0.6) is 0 Å². The van der Waals surface area contributed by atoms with E-state index in [-0.39, 0.29) is 56.4 Å². The van der Waals surface area contributed by atoms with Crippen molar-refractivity contribution in [1.29, 1.82) is 0 Å². The van der Waals surface area contributed by atoms with Gasteiger partial charge in [0.2, 0.25) is 5.95 Å². The van der Waals surface area contributed by atoms with Crippen LogP contribution < -0.4 is 11.3 Å². The Morgan fingerprint density at radius 2 is 1.91 bits per heavy atom. The fraction of sp³-hybridized carbons (Fsp3) is 0.615. The van der Waals surface area contributed by atoms with E-state index in [9.17, 15) is 17.8 Å². The van der Waals surface area contributed by atoms with Crippen molar-refractivity contribution in [3.8, 4) is 0 Å². The molecule has 17 nitrogen and oxygen atoms in total. The summed E-state index contributed by atoms with van der Waals surface area (Å²) in [5.41, 5.74) is 5.07. The van der Waals surface area contributed by atoms with Crippen LogP contribution in [0, 0.1) is 5.92 Å². The molecule has 6 N–H and O–H groups in total. The van der Waals surface area contributed by atoms with Crippen LogP contribution in [0.1, 0.15) is 13.2 Å². The Hall–Kier alpha value is -0.616. The molecule has 0 bridgehead atoms. The fourth-order valence-corrected chi connectivity index (χ4v) is 3.94. The van der Waals surface area contributed by atoms with Crippen LogP contribution >= 0.6 is 16.5 Å². The Morgan fingerprint density at radius 3 is 2.44 bits per heavy atom. The predicted molar refractivity (Wildman–Crippen MR) is 114 cm³/mol. The molecule has 3 unspecified atom stereocenters. The van der Waals surface area contributed by atoms with E-state index < -0.39 is 56.7 Å². The van der Waals surface area contributed by atoms with Crippen LogP contribution in [0.3, 0.4) is 0 Å². The maximum atomic E-state index is 12.3. The average molecular weight is 623 g/mol. The minimum absolute atomic E-state index is 0. The second kappa shape index (κ2) is 13.1. The van der Waals surface area contributed by atoms with Gasteiger partial charge in [-0.2, -0.15) is 17.7 Å². The number of aromatic amines is 1. The van der Waals surface area contributed by atoms with Gasteiger partial charge in [-0.1, -0.05) is 6.92 Å². The minimum atomic E-state index is -4.10. The normalized spacial score (nSPS) is 23.5. The van der Waals surface area contributed by atoms with E-state index >= 15 is 0 Å². The number of nitrogen functional groups attached to an aromatic ring is 1. The van der Waals surface area contributed by atoms with E-state index in [1.807, 2.05) is 0 Å². The fourth-order valence-electron chi connectivity index (χ4n) is 2.91. The molecule has 3 rings (SSSR count). The molecule has 0 spiro atoms. The summed E-state index contributed by atoms with van der Waals surface area (Å²) in [6.45, 7) is 1.38. The van der Waals surface area contributed by atoms with Gasteiger partial charge in [-0.15, -0.1) is 0 Å². The SMILES string of the molecule is CC1C(OS(=O)(=O)N(C)C)[C@H](n2cnc3c(=O)[nH]c(N)nc32)O[C@@H]1CO[PH](=O)O.O=[PH](O)O.[Y]. The van der Waals surface area contributed by atoms with E-state index in [4.69, 9.17) is 38.4 Å². The van der Waals surface area contributed by atoms with Gasteiger partial charge in [-0.3, -0.25) is 23.5 Å². The number of nitrogens with one attached hydrogen (secondary N) is 1. The van der Waals surface area contributed by atoms with Crippen molar-refractivity contribution in [3.63, 3.8) is 0 Å². The van der Waals surface area contributed by atoms with Gasteiger partial charge < -0.3 is 29.7 Å². The van der Waals surface area contributed by atoms with Crippen LogP contribution in [0.15, 0.2) is 11.1 Å². The summed E-state index contributed by atoms with van der Waals surface area (Å²) < 4.78 is 62.5. The molecule has 0 amide bonds. The molecule has 0 saturated carbocycles. The van der Waals surface area contributed by atoms with Crippen molar-refractivity contribution in [2.45, 2.75) is 25.4 Å². The van der Waals surface area contributed by atoms with Gasteiger partial charge in [0.15, 0.2) is 17.4 Å². The van der Waals surface area contributed by atoms with E-state index in [1.165, 1.54) is 25.0 Å². The summed E-state index contributed by atoms with van der Waals surface area (Å²) in [7, 11) is -7.84. The molecule has 3 heterocycles. The number of aromatic nitrogens is 4. The summed E-state index contributed by atoms with van der Waals surface area (Å²) in [5, 5.41) is 0. The van der Waals surface area contributed by atoms with E-state index in [2.05, 4.69) is 15.0 Å². The van der Waals surface area contributed by atoms with Crippen molar-refractivity contribution < 1.29 is 78.4 Å². The first kappa shape index (κ1) is 31.4. The van der Waals surface area contributed by atoms with Crippen molar-refractivity contribution in [1.82, 2.24) is 23.8 Å². The van der Waals surface area contributed by atoms with Gasteiger partial charge in [0, 0.05) is 52.7 Å². The van der Waals surface area contributed by atoms with Crippen LogP contribution in [0.4, 0.5) is 5.95 Å². The second-order valence-corrected chi connectivity index (χ2v) is 10.0. The third-order valence-corrected chi connectivity index (χ3v) is 6.25. The number of rotatable bonds is 7. The number of H-pyrrole nitrogens is 1. The molecular weight excluding hydrogens is 599 g/mol. The molecule has 21 heteroatoms. The molecule has 0 aliphatic carbocycles. The van der Waals surface area contributed by atoms with Gasteiger partial charge in [0.1, 0.15) is 6.10 Å². The predicted octanol–water partition coefficient (Wildman–Crippen LogP) is -1.82. The number of anilines is 1.